The smallest absolute Gasteiger partial charge is 0.431 e. The lowest BCUT2D eigenvalue weighted by molar-refractivity contribution is -0.126. The molecule has 0 atom stereocenters. The topological polar surface area (TPSA) is 214 Å². The molecule has 1 aliphatic carbocycles. The third kappa shape index (κ3) is 10.8. The summed E-state index contributed by atoms with van der Waals surface area (Å²) in [6.45, 7) is -0.430. The van der Waals surface area contributed by atoms with E-state index < -0.39 is 30.2 Å². The number of benzene rings is 1. The Balaban J connectivity index is 0.00000140. The summed E-state index contributed by atoms with van der Waals surface area (Å²) in [4.78, 5) is 39.4. The molecule has 1 fully saturated rings. The molecule has 3 rings (SSSR count). The van der Waals surface area contributed by atoms with Crippen molar-refractivity contribution in [1.82, 2.24) is 26.4 Å². The van der Waals surface area contributed by atoms with Crippen LogP contribution in [0.4, 0.5) is 18.9 Å². The van der Waals surface area contributed by atoms with Crippen LogP contribution in [0.3, 0.4) is 0 Å². The second-order valence-corrected chi connectivity index (χ2v) is 10.1. The number of para-hydroxylation sites is 1. The number of allylic oxidation sites excluding steroid dienone is 4. The van der Waals surface area contributed by atoms with Crippen LogP contribution in [0.15, 0.2) is 75.6 Å². The second-order valence-electron chi connectivity index (χ2n) is 10.1. The lowest BCUT2D eigenvalue weighted by Crippen LogP contribution is -2.41. The highest BCUT2D eigenvalue weighted by atomic mass is 19.4. The zero-order valence-electron chi connectivity index (χ0n) is 26.7. The first-order valence-corrected chi connectivity index (χ1v) is 14.2. The average molecular weight is 663 g/mol. The number of aliphatic imine (C=N–C) groups is 1. The molecule has 0 radical (unpaired) electrons. The quantitative estimate of drug-likeness (QED) is 0.0682. The Morgan fingerprint density at radius 3 is 2.28 bits per heavy atom. The molecule has 1 saturated carbocycles. The van der Waals surface area contributed by atoms with Crippen molar-refractivity contribution in [2.24, 2.45) is 28.1 Å². The predicted octanol–water partition coefficient (Wildman–Crippen LogP) is 0.905. The number of hydrazine groups is 1. The van der Waals surface area contributed by atoms with Gasteiger partial charge < -0.3 is 47.6 Å². The van der Waals surface area contributed by atoms with E-state index in [0.29, 0.717) is 28.6 Å². The number of nitrogens with two attached hydrogens (primary N) is 3. The average Bonchev–Trinajstić information content (AvgIpc) is 3.91. The Morgan fingerprint density at radius 2 is 1.81 bits per heavy atom. The summed E-state index contributed by atoms with van der Waals surface area (Å²) < 4.78 is 45.0. The standard InChI is InChI=1S/C26H35F3N10O3.C4H6O/c1-33-12-14(23(32)26(27,28)29)13-39(4)25(41)18-10-9-16(37-38-18)15-7-6-8-17(22(15)42-5)36-19(11-20(30)34-2)21(31)24(40)35-3;5-3-4-1-2-4/h6-12,34,36-38H,13,30-32H2,1-5H3,(H,35,40);3-4H,1-2H2/b20-11+,21-19+,23-14+,33-12?;. The van der Waals surface area contributed by atoms with Crippen LogP contribution in [0.2, 0.25) is 0 Å². The maximum absolute atomic E-state index is 13.1. The molecule has 2 aliphatic rings. The molecule has 1 aliphatic heterocycles. The van der Waals surface area contributed by atoms with E-state index in [1.54, 1.807) is 31.3 Å². The number of nitrogens with one attached hydrogen (secondary N) is 5. The fourth-order valence-electron chi connectivity index (χ4n) is 3.84. The van der Waals surface area contributed by atoms with Crippen LogP contribution in [0.5, 0.6) is 5.75 Å². The van der Waals surface area contributed by atoms with Gasteiger partial charge in [0.2, 0.25) is 0 Å². The molecule has 0 saturated heterocycles. The Kier molecular flexibility index (Phi) is 13.7. The molecular weight excluding hydrogens is 621 g/mol. The number of hydrogen-bond donors (Lipinski definition) is 8. The summed E-state index contributed by atoms with van der Waals surface area (Å²) in [6, 6.07) is 5.15. The van der Waals surface area contributed by atoms with Crippen LogP contribution >= 0.6 is 0 Å². The number of rotatable bonds is 12. The first-order valence-electron chi connectivity index (χ1n) is 14.2. The zero-order valence-corrected chi connectivity index (χ0v) is 26.7. The van der Waals surface area contributed by atoms with Gasteiger partial charge in [-0.2, -0.15) is 13.2 Å². The summed E-state index contributed by atoms with van der Waals surface area (Å²) in [5, 5.41) is 8.26. The van der Waals surface area contributed by atoms with E-state index in [9.17, 15) is 27.6 Å². The van der Waals surface area contributed by atoms with Gasteiger partial charge >= 0.3 is 6.18 Å². The molecule has 47 heavy (non-hydrogen) atoms. The zero-order chi connectivity index (χ0) is 35.3. The van der Waals surface area contributed by atoms with E-state index in [1.165, 1.54) is 40.4 Å². The largest absolute Gasteiger partial charge is 0.494 e. The highest BCUT2D eigenvalue weighted by molar-refractivity contribution is 5.96. The molecule has 0 aromatic heterocycles. The van der Waals surface area contributed by atoms with Gasteiger partial charge in [-0.25, -0.2) is 0 Å². The summed E-state index contributed by atoms with van der Waals surface area (Å²) in [6.07, 6.45) is 3.99. The minimum Gasteiger partial charge on any atom is -0.494 e. The molecule has 14 nitrogen and oxygen atoms in total. The highest BCUT2D eigenvalue weighted by Crippen LogP contribution is 2.34. The highest BCUT2D eigenvalue weighted by Gasteiger charge is 2.34. The molecule has 1 aromatic carbocycles. The number of carbonyl (C=O) groups excluding carboxylic acids is 3. The SMILES string of the molecule is CN=C/C(CN(C)C(=O)C1=CC=C(c2cccc(NC(/C=C(\N)NC)=C(/N)C(=O)NC)c2OC)NN1)=C(\N)C(F)(F)F.O=CC1CC1. The third-order valence-corrected chi connectivity index (χ3v) is 6.61. The minimum atomic E-state index is -4.77. The number of likely N-dealkylation sites (N-methyl/N-ethyl adjacent to an activating group) is 2. The fourth-order valence-corrected chi connectivity index (χ4v) is 3.84. The van der Waals surface area contributed by atoms with E-state index in [0.717, 1.165) is 30.2 Å². The second kappa shape index (κ2) is 17.2. The Morgan fingerprint density at radius 1 is 1.13 bits per heavy atom. The summed E-state index contributed by atoms with van der Waals surface area (Å²) in [5.74, 6) is -0.0984. The fraction of sp³-hybridized carbons (Fsp3) is 0.333. The molecule has 0 spiro atoms. The Bertz CT molecular complexity index is 1510. The van der Waals surface area contributed by atoms with Gasteiger partial charge in [-0.15, -0.1) is 0 Å². The van der Waals surface area contributed by atoms with E-state index in [-0.39, 0.29) is 28.5 Å². The number of halogens is 3. The number of anilines is 1. The molecule has 0 bridgehead atoms. The number of nitrogens with zero attached hydrogens (tertiary/aromatic N) is 2. The van der Waals surface area contributed by atoms with Crippen LogP contribution < -0.4 is 48.7 Å². The number of aldehydes is 1. The van der Waals surface area contributed by atoms with Crippen molar-refractivity contribution in [2.75, 3.05) is 47.2 Å². The van der Waals surface area contributed by atoms with Crippen molar-refractivity contribution in [3.8, 4) is 5.75 Å². The van der Waals surface area contributed by atoms with Crippen molar-refractivity contribution in [2.45, 2.75) is 19.0 Å². The van der Waals surface area contributed by atoms with Gasteiger partial charge in [-0.1, -0.05) is 6.07 Å². The first kappa shape index (κ1) is 37.6. The van der Waals surface area contributed by atoms with Gasteiger partial charge in [0.1, 0.15) is 23.4 Å². The van der Waals surface area contributed by atoms with Crippen molar-refractivity contribution in [3.63, 3.8) is 0 Å². The number of methoxy groups -OCH3 is 1. The molecular formula is C30H41F3N10O4. The summed E-state index contributed by atoms with van der Waals surface area (Å²) in [7, 11) is 7.12. The predicted molar refractivity (Wildman–Crippen MR) is 174 cm³/mol. The monoisotopic (exact) mass is 662 g/mol. The maximum Gasteiger partial charge on any atom is 0.431 e. The van der Waals surface area contributed by atoms with Crippen LogP contribution in [0.1, 0.15) is 18.4 Å². The Labute approximate surface area is 270 Å². The van der Waals surface area contributed by atoms with E-state index >= 15 is 0 Å². The van der Waals surface area contributed by atoms with Gasteiger partial charge in [-0.05, 0) is 37.1 Å². The van der Waals surface area contributed by atoms with Crippen molar-refractivity contribution >= 4 is 35.7 Å². The van der Waals surface area contributed by atoms with Crippen LogP contribution in [0, 0.1) is 5.92 Å². The number of carbonyl (C=O) groups is 3. The summed E-state index contributed by atoms with van der Waals surface area (Å²) in [5.41, 5.74) is 22.7. The number of hydrogen-bond acceptors (Lipinski definition) is 12. The summed E-state index contributed by atoms with van der Waals surface area (Å²) >= 11 is 0. The van der Waals surface area contributed by atoms with Crippen molar-refractivity contribution in [3.05, 3.63) is 76.2 Å². The molecule has 0 unspecified atom stereocenters. The van der Waals surface area contributed by atoms with Crippen LogP contribution in [0.25, 0.3) is 5.70 Å². The van der Waals surface area contributed by atoms with Crippen molar-refractivity contribution in [1.29, 1.82) is 0 Å². The third-order valence-electron chi connectivity index (χ3n) is 6.61. The van der Waals surface area contributed by atoms with Gasteiger partial charge in [-0.3, -0.25) is 25.4 Å². The molecule has 17 heteroatoms. The van der Waals surface area contributed by atoms with Gasteiger partial charge in [0, 0.05) is 64.1 Å². The maximum atomic E-state index is 13.1. The van der Waals surface area contributed by atoms with E-state index in [1.807, 2.05) is 0 Å². The van der Waals surface area contributed by atoms with Gasteiger partial charge in [0.05, 0.1) is 30.0 Å². The van der Waals surface area contributed by atoms with E-state index in [4.69, 9.17) is 21.9 Å². The van der Waals surface area contributed by atoms with Gasteiger partial charge in [0.25, 0.3) is 11.8 Å². The van der Waals surface area contributed by atoms with Gasteiger partial charge in [0.15, 0.2) is 5.75 Å². The molecule has 1 aromatic rings. The molecule has 2 amide bonds. The first-order chi connectivity index (χ1) is 22.2. The lowest BCUT2D eigenvalue weighted by Gasteiger charge is -2.25. The molecule has 11 N–H and O–H groups in total. The lowest BCUT2D eigenvalue weighted by atomic mass is 10.1. The van der Waals surface area contributed by atoms with Crippen molar-refractivity contribution < 1.29 is 32.3 Å². The normalized spacial score (nSPS) is 15.6. The van der Waals surface area contributed by atoms with Crippen LogP contribution in [-0.4, -0.2) is 77.2 Å². The minimum absolute atomic E-state index is 0.0594. The van der Waals surface area contributed by atoms with Crippen LogP contribution in [-0.2, 0) is 14.4 Å². The number of amides is 2. The Hall–Kier alpha value is -5.61. The number of ether oxygens (including phenoxy) is 1. The molecule has 1 heterocycles. The number of alkyl halides is 3. The van der Waals surface area contributed by atoms with E-state index in [2.05, 4.69) is 31.8 Å². The molecule has 256 valence electrons.